The van der Waals surface area contributed by atoms with Crippen molar-refractivity contribution < 1.29 is 9.53 Å². The lowest BCUT2D eigenvalue weighted by molar-refractivity contribution is 0.127. The van der Waals surface area contributed by atoms with Crippen LogP contribution in [0.2, 0.25) is 0 Å². The van der Waals surface area contributed by atoms with Gasteiger partial charge < -0.3 is 15.0 Å². The summed E-state index contributed by atoms with van der Waals surface area (Å²) in [7, 11) is 0. The van der Waals surface area contributed by atoms with Crippen LogP contribution in [0.25, 0.3) is 0 Å². The lowest BCUT2D eigenvalue weighted by atomic mass is 10.1. The zero-order valence-electron chi connectivity index (χ0n) is 12.3. The number of rotatable bonds is 5. The highest BCUT2D eigenvalue weighted by Crippen LogP contribution is 2.11. The van der Waals surface area contributed by atoms with Crippen LogP contribution < -0.4 is 5.32 Å². The molecule has 1 N–H and O–H groups in total. The number of nitrogens with one attached hydrogen (secondary N) is 1. The summed E-state index contributed by atoms with van der Waals surface area (Å²) < 4.78 is 5.23. The second-order valence-electron chi connectivity index (χ2n) is 5.28. The summed E-state index contributed by atoms with van der Waals surface area (Å²) in [6.45, 7) is 3.21. The molecule has 0 bridgehead atoms. The maximum absolute atomic E-state index is 11.8. The summed E-state index contributed by atoms with van der Waals surface area (Å²) in [4.78, 5) is 14.1. The van der Waals surface area contributed by atoms with E-state index in [1.165, 1.54) is 0 Å². The van der Waals surface area contributed by atoms with Gasteiger partial charge >= 0.3 is 6.09 Å². The number of terminal acetylenes is 1. The molecular formula is C17H22N2O2. The van der Waals surface area contributed by atoms with Gasteiger partial charge in [0.25, 0.3) is 0 Å². The Labute approximate surface area is 126 Å². The van der Waals surface area contributed by atoms with Crippen LogP contribution in [0.5, 0.6) is 0 Å². The third-order valence-corrected chi connectivity index (χ3v) is 3.69. The smallest absolute Gasteiger partial charge is 0.407 e. The second kappa shape index (κ2) is 8.33. The molecule has 1 aliphatic heterocycles. The van der Waals surface area contributed by atoms with E-state index in [9.17, 15) is 4.79 Å². The third kappa shape index (κ3) is 5.49. The summed E-state index contributed by atoms with van der Waals surface area (Å²) in [6, 6.07) is 9.90. The minimum atomic E-state index is -0.332. The number of nitrogens with zero attached hydrogens (tertiary/aromatic N) is 1. The van der Waals surface area contributed by atoms with Gasteiger partial charge in [0.1, 0.15) is 6.61 Å². The van der Waals surface area contributed by atoms with Crippen molar-refractivity contribution in [2.75, 3.05) is 19.6 Å². The third-order valence-electron chi connectivity index (χ3n) is 3.69. The summed E-state index contributed by atoms with van der Waals surface area (Å²) in [5.41, 5.74) is 0.997. The molecule has 4 nitrogen and oxygen atoms in total. The Morgan fingerprint density at radius 1 is 1.33 bits per heavy atom. The van der Waals surface area contributed by atoms with Crippen LogP contribution in [0.1, 0.15) is 24.8 Å². The van der Waals surface area contributed by atoms with Crippen molar-refractivity contribution in [1.29, 1.82) is 0 Å². The first-order chi connectivity index (χ1) is 10.3. The number of alkyl carbamates (subject to hydrolysis) is 1. The molecule has 21 heavy (non-hydrogen) atoms. The maximum Gasteiger partial charge on any atom is 0.407 e. The first-order valence-corrected chi connectivity index (χ1v) is 7.41. The molecule has 1 heterocycles. The van der Waals surface area contributed by atoms with Gasteiger partial charge in [0, 0.05) is 32.1 Å². The fourth-order valence-electron chi connectivity index (χ4n) is 2.46. The molecule has 112 valence electrons. The minimum Gasteiger partial charge on any atom is -0.445 e. The molecule has 0 radical (unpaired) electrons. The molecule has 1 fully saturated rings. The molecule has 4 heteroatoms. The highest BCUT2D eigenvalue weighted by atomic mass is 16.5. The van der Waals surface area contributed by atoms with Crippen molar-refractivity contribution in [2.45, 2.75) is 31.9 Å². The minimum absolute atomic E-state index is 0.204. The van der Waals surface area contributed by atoms with Gasteiger partial charge in [0.15, 0.2) is 0 Å². The fraction of sp³-hybridized carbons (Fsp3) is 0.471. The monoisotopic (exact) mass is 286 g/mol. The summed E-state index contributed by atoms with van der Waals surface area (Å²) in [6.07, 6.45) is 7.63. The highest BCUT2D eigenvalue weighted by molar-refractivity contribution is 5.67. The van der Waals surface area contributed by atoms with E-state index >= 15 is 0 Å². The van der Waals surface area contributed by atoms with Crippen LogP contribution >= 0.6 is 0 Å². The highest BCUT2D eigenvalue weighted by Gasteiger charge is 2.20. The van der Waals surface area contributed by atoms with Gasteiger partial charge in [-0.1, -0.05) is 30.3 Å². The van der Waals surface area contributed by atoms with Crippen LogP contribution in [-0.2, 0) is 11.3 Å². The van der Waals surface area contributed by atoms with Crippen LogP contribution in [0.4, 0.5) is 4.79 Å². The number of carbonyl (C=O) groups is 1. The Balaban J connectivity index is 1.64. The van der Waals surface area contributed by atoms with Gasteiger partial charge in [-0.2, -0.15) is 0 Å². The van der Waals surface area contributed by atoms with E-state index < -0.39 is 0 Å². The van der Waals surface area contributed by atoms with Gasteiger partial charge in [-0.15, -0.1) is 12.3 Å². The van der Waals surface area contributed by atoms with Crippen LogP contribution in [0.15, 0.2) is 30.3 Å². The zero-order chi connectivity index (χ0) is 14.9. The second-order valence-corrected chi connectivity index (χ2v) is 5.28. The first-order valence-electron chi connectivity index (χ1n) is 7.41. The normalized spacial score (nSPS) is 16.1. The van der Waals surface area contributed by atoms with Gasteiger partial charge in [0.2, 0.25) is 0 Å². The Hall–Kier alpha value is -1.99. The molecule has 1 aromatic carbocycles. The Kier molecular flexibility index (Phi) is 6.11. The van der Waals surface area contributed by atoms with Crippen molar-refractivity contribution in [3.63, 3.8) is 0 Å². The average Bonchev–Trinajstić information content (AvgIpc) is 2.53. The molecule has 0 aliphatic carbocycles. The van der Waals surface area contributed by atoms with E-state index in [1.807, 2.05) is 30.3 Å². The molecule has 0 aromatic heterocycles. The molecule has 0 unspecified atom stereocenters. The number of carbonyl (C=O) groups excluding carboxylic acids is 1. The number of hydrogen-bond donors (Lipinski definition) is 1. The maximum atomic E-state index is 11.8. The molecule has 1 aromatic rings. The standard InChI is InChI=1S/C17H22N2O2/c1-2-3-11-19-12-9-16(10-13-19)18-17(20)21-14-15-7-5-4-6-8-15/h1,4-8,16H,3,9-14H2,(H,18,20). The Morgan fingerprint density at radius 3 is 2.71 bits per heavy atom. The van der Waals surface area contributed by atoms with Crippen molar-refractivity contribution >= 4 is 6.09 Å². The predicted octanol–water partition coefficient (Wildman–Crippen LogP) is 2.40. The van der Waals surface area contributed by atoms with Crippen molar-refractivity contribution in [1.82, 2.24) is 10.2 Å². The lowest BCUT2D eigenvalue weighted by Crippen LogP contribution is -2.44. The SMILES string of the molecule is C#CCCN1CCC(NC(=O)OCc2ccccc2)CC1. The molecule has 0 spiro atoms. The molecule has 2 rings (SSSR count). The number of hydrogen-bond acceptors (Lipinski definition) is 3. The first kappa shape index (κ1) is 15.4. The molecule has 0 atom stereocenters. The largest absolute Gasteiger partial charge is 0.445 e. The topological polar surface area (TPSA) is 41.6 Å². The number of amides is 1. The molecular weight excluding hydrogens is 264 g/mol. The summed E-state index contributed by atoms with van der Waals surface area (Å²) >= 11 is 0. The van der Waals surface area contributed by atoms with Crippen LogP contribution in [-0.4, -0.2) is 36.7 Å². The van der Waals surface area contributed by atoms with Crippen molar-refractivity contribution in [3.05, 3.63) is 35.9 Å². The van der Waals surface area contributed by atoms with Crippen molar-refractivity contribution in [3.8, 4) is 12.3 Å². The van der Waals surface area contributed by atoms with E-state index in [4.69, 9.17) is 11.2 Å². The van der Waals surface area contributed by atoms with Gasteiger partial charge in [-0.3, -0.25) is 0 Å². The van der Waals surface area contributed by atoms with Crippen LogP contribution in [0, 0.1) is 12.3 Å². The lowest BCUT2D eigenvalue weighted by Gasteiger charge is -2.31. The quantitative estimate of drug-likeness (QED) is 0.845. The van der Waals surface area contributed by atoms with Crippen LogP contribution in [0.3, 0.4) is 0 Å². The van der Waals surface area contributed by atoms with Crippen molar-refractivity contribution in [2.24, 2.45) is 0 Å². The summed E-state index contributed by atoms with van der Waals surface area (Å²) in [5.74, 6) is 2.66. The van der Waals surface area contributed by atoms with E-state index in [2.05, 4.69) is 16.1 Å². The molecule has 0 saturated carbocycles. The fourth-order valence-corrected chi connectivity index (χ4v) is 2.46. The predicted molar refractivity (Wildman–Crippen MR) is 82.7 cm³/mol. The van der Waals surface area contributed by atoms with Gasteiger partial charge in [0.05, 0.1) is 0 Å². The Bertz CT molecular complexity index is 473. The van der Waals surface area contributed by atoms with E-state index in [-0.39, 0.29) is 12.1 Å². The molecule has 1 amide bonds. The average molecular weight is 286 g/mol. The number of benzene rings is 1. The van der Waals surface area contributed by atoms with Gasteiger partial charge in [-0.05, 0) is 18.4 Å². The zero-order valence-corrected chi connectivity index (χ0v) is 12.3. The van der Waals surface area contributed by atoms with E-state index in [0.717, 1.165) is 44.5 Å². The summed E-state index contributed by atoms with van der Waals surface area (Å²) in [5, 5.41) is 2.94. The van der Waals surface area contributed by atoms with E-state index in [1.54, 1.807) is 0 Å². The molecule has 1 aliphatic rings. The number of likely N-dealkylation sites (tertiary alicyclic amines) is 1. The number of ether oxygens (including phenoxy) is 1. The van der Waals surface area contributed by atoms with Gasteiger partial charge in [-0.25, -0.2) is 4.79 Å². The molecule has 1 saturated heterocycles. The Morgan fingerprint density at radius 2 is 2.05 bits per heavy atom. The van der Waals surface area contributed by atoms with E-state index in [0.29, 0.717) is 6.61 Å². The number of piperidine rings is 1.